The average molecular weight is 391 g/mol. The summed E-state index contributed by atoms with van der Waals surface area (Å²) < 4.78 is 5.68. The number of benzene rings is 2. The molecule has 0 spiro atoms. The lowest BCUT2D eigenvalue weighted by molar-refractivity contribution is 0.0977. The Morgan fingerprint density at radius 2 is 1.88 bits per heavy atom. The lowest BCUT2D eigenvalue weighted by atomic mass is 10.2. The van der Waals surface area contributed by atoms with Crippen molar-refractivity contribution in [1.29, 1.82) is 0 Å². The number of halogens is 1. The standard InChI is InChI=1S/C20H23ClN2O2S/c1-2-3-4-5-13-25-18-11-9-15(10-12-18)19(24)23-20(26)22-17-8-6-7-16(21)14-17/h6-12,14H,2-5,13H2,1H3,(H2,22,23,24,26). The van der Waals surface area contributed by atoms with E-state index < -0.39 is 0 Å². The van der Waals surface area contributed by atoms with Gasteiger partial charge in [-0.25, -0.2) is 0 Å². The fraction of sp³-hybridized carbons (Fsp3) is 0.300. The largest absolute Gasteiger partial charge is 0.494 e. The highest BCUT2D eigenvalue weighted by Crippen LogP contribution is 2.15. The maximum absolute atomic E-state index is 12.3. The third-order valence-electron chi connectivity index (χ3n) is 3.69. The zero-order valence-electron chi connectivity index (χ0n) is 14.8. The topological polar surface area (TPSA) is 50.4 Å². The van der Waals surface area contributed by atoms with Crippen molar-refractivity contribution < 1.29 is 9.53 Å². The van der Waals surface area contributed by atoms with Crippen LogP contribution in [0.2, 0.25) is 5.02 Å². The summed E-state index contributed by atoms with van der Waals surface area (Å²) >= 11 is 11.1. The van der Waals surface area contributed by atoms with Gasteiger partial charge in [0.2, 0.25) is 0 Å². The third-order valence-corrected chi connectivity index (χ3v) is 4.13. The van der Waals surface area contributed by atoms with E-state index >= 15 is 0 Å². The summed E-state index contributed by atoms with van der Waals surface area (Å²) in [6.07, 6.45) is 4.65. The summed E-state index contributed by atoms with van der Waals surface area (Å²) in [6, 6.07) is 14.1. The molecule has 4 nitrogen and oxygen atoms in total. The Balaban J connectivity index is 1.80. The van der Waals surface area contributed by atoms with Crippen LogP contribution in [0, 0.1) is 0 Å². The minimum atomic E-state index is -0.279. The highest BCUT2D eigenvalue weighted by molar-refractivity contribution is 7.80. The number of hydrogen-bond acceptors (Lipinski definition) is 3. The van der Waals surface area contributed by atoms with Gasteiger partial charge in [-0.3, -0.25) is 10.1 Å². The Labute approximate surface area is 164 Å². The number of ether oxygens (including phenoxy) is 1. The van der Waals surface area contributed by atoms with Crippen molar-refractivity contribution in [3.8, 4) is 5.75 Å². The van der Waals surface area contributed by atoms with Crippen molar-refractivity contribution in [3.05, 3.63) is 59.1 Å². The molecule has 2 rings (SSSR count). The zero-order chi connectivity index (χ0) is 18.8. The van der Waals surface area contributed by atoms with Crippen LogP contribution < -0.4 is 15.4 Å². The highest BCUT2D eigenvalue weighted by atomic mass is 35.5. The van der Waals surface area contributed by atoms with E-state index in [9.17, 15) is 4.79 Å². The normalized spacial score (nSPS) is 10.2. The van der Waals surface area contributed by atoms with Gasteiger partial charge in [0.05, 0.1) is 6.61 Å². The monoisotopic (exact) mass is 390 g/mol. The van der Waals surface area contributed by atoms with Gasteiger partial charge < -0.3 is 10.1 Å². The summed E-state index contributed by atoms with van der Waals surface area (Å²) in [7, 11) is 0. The first-order chi connectivity index (χ1) is 12.6. The van der Waals surface area contributed by atoms with Gasteiger partial charge >= 0.3 is 0 Å². The van der Waals surface area contributed by atoms with E-state index in [1.165, 1.54) is 19.3 Å². The van der Waals surface area contributed by atoms with Gasteiger partial charge in [-0.15, -0.1) is 0 Å². The van der Waals surface area contributed by atoms with Crippen LogP contribution in [0.5, 0.6) is 5.75 Å². The van der Waals surface area contributed by atoms with Crippen molar-refractivity contribution in [2.24, 2.45) is 0 Å². The van der Waals surface area contributed by atoms with E-state index in [-0.39, 0.29) is 11.0 Å². The molecule has 0 fully saturated rings. The Bertz CT molecular complexity index is 735. The Hall–Kier alpha value is -2.11. The van der Waals surface area contributed by atoms with Crippen LogP contribution >= 0.6 is 23.8 Å². The molecular formula is C20H23ClN2O2S. The fourth-order valence-corrected chi connectivity index (χ4v) is 2.73. The van der Waals surface area contributed by atoms with Gasteiger partial charge in [-0.2, -0.15) is 0 Å². The molecule has 0 aliphatic rings. The first-order valence-corrected chi connectivity index (χ1v) is 9.48. The van der Waals surface area contributed by atoms with Crippen molar-refractivity contribution in [2.75, 3.05) is 11.9 Å². The summed E-state index contributed by atoms with van der Waals surface area (Å²) in [5.74, 6) is 0.483. The molecule has 0 bridgehead atoms. The van der Waals surface area contributed by atoms with Crippen LogP contribution in [0.4, 0.5) is 5.69 Å². The third kappa shape index (κ3) is 7.02. The van der Waals surface area contributed by atoms with Crippen LogP contribution in [0.15, 0.2) is 48.5 Å². The number of unbranched alkanes of at least 4 members (excludes halogenated alkanes) is 3. The van der Waals surface area contributed by atoms with Crippen LogP contribution in [-0.2, 0) is 0 Å². The van der Waals surface area contributed by atoms with Crippen LogP contribution in [-0.4, -0.2) is 17.6 Å². The van der Waals surface area contributed by atoms with Crippen molar-refractivity contribution in [1.82, 2.24) is 5.32 Å². The molecule has 138 valence electrons. The maximum Gasteiger partial charge on any atom is 0.257 e. The van der Waals surface area contributed by atoms with E-state index in [4.69, 9.17) is 28.6 Å². The maximum atomic E-state index is 12.3. The molecule has 0 aliphatic heterocycles. The SMILES string of the molecule is CCCCCCOc1ccc(C(=O)NC(=S)Nc2cccc(Cl)c2)cc1. The smallest absolute Gasteiger partial charge is 0.257 e. The number of thiocarbonyl (C=S) groups is 1. The molecule has 0 unspecified atom stereocenters. The van der Waals surface area contributed by atoms with E-state index in [1.807, 2.05) is 6.07 Å². The van der Waals surface area contributed by atoms with E-state index in [1.54, 1.807) is 42.5 Å². The lowest BCUT2D eigenvalue weighted by Gasteiger charge is -2.10. The van der Waals surface area contributed by atoms with Crippen molar-refractivity contribution >= 4 is 40.5 Å². The second-order valence-corrected chi connectivity index (χ2v) is 6.70. The van der Waals surface area contributed by atoms with Gasteiger partial charge in [0.15, 0.2) is 5.11 Å². The number of amides is 1. The van der Waals surface area contributed by atoms with E-state index in [0.29, 0.717) is 17.2 Å². The van der Waals surface area contributed by atoms with Crippen LogP contribution in [0.25, 0.3) is 0 Å². The van der Waals surface area contributed by atoms with Crippen LogP contribution in [0.3, 0.4) is 0 Å². The number of carbonyl (C=O) groups excluding carboxylic acids is 1. The molecule has 6 heteroatoms. The predicted molar refractivity (Wildman–Crippen MR) is 111 cm³/mol. The summed E-state index contributed by atoms with van der Waals surface area (Å²) in [6.45, 7) is 2.88. The Morgan fingerprint density at radius 1 is 1.12 bits per heavy atom. The molecular weight excluding hydrogens is 368 g/mol. The van der Waals surface area contributed by atoms with E-state index in [0.717, 1.165) is 17.9 Å². The van der Waals surface area contributed by atoms with Crippen molar-refractivity contribution in [3.63, 3.8) is 0 Å². The average Bonchev–Trinajstić information content (AvgIpc) is 2.62. The molecule has 0 saturated carbocycles. The lowest BCUT2D eigenvalue weighted by Crippen LogP contribution is -2.34. The second-order valence-electron chi connectivity index (χ2n) is 5.85. The van der Waals surface area contributed by atoms with Gasteiger partial charge in [-0.05, 0) is 61.1 Å². The summed E-state index contributed by atoms with van der Waals surface area (Å²) in [5.41, 5.74) is 1.23. The molecule has 0 radical (unpaired) electrons. The molecule has 26 heavy (non-hydrogen) atoms. The number of nitrogens with one attached hydrogen (secondary N) is 2. The minimum absolute atomic E-state index is 0.216. The fourth-order valence-electron chi connectivity index (χ4n) is 2.33. The van der Waals surface area contributed by atoms with Crippen LogP contribution in [0.1, 0.15) is 43.0 Å². The van der Waals surface area contributed by atoms with Gasteiger partial charge in [0, 0.05) is 16.3 Å². The second kappa shape index (κ2) is 10.8. The minimum Gasteiger partial charge on any atom is -0.494 e. The summed E-state index contributed by atoms with van der Waals surface area (Å²) in [4.78, 5) is 12.3. The zero-order valence-corrected chi connectivity index (χ0v) is 16.3. The first kappa shape index (κ1) is 20.2. The molecule has 1 amide bonds. The Morgan fingerprint density at radius 3 is 2.58 bits per heavy atom. The number of anilines is 1. The first-order valence-electron chi connectivity index (χ1n) is 8.69. The molecule has 2 aromatic rings. The quantitative estimate of drug-likeness (QED) is 0.466. The van der Waals surface area contributed by atoms with Gasteiger partial charge in [-0.1, -0.05) is 43.9 Å². The number of hydrogen-bond donors (Lipinski definition) is 2. The van der Waals surface area contributed by atoms with Gasteiger partial charge in [0.25, 0.3) is 5.91 Å². The molecule has 0 aromatic heterocycles. The molecule has 0 heterocycles. The predicted octanol–water partition coefficient (Wildman–Crippen LogP) is 5.43. The van der Waals surface area contributed by atoms with Crippen molar-refractivity contribution in [2.45, 2.75) is 32.6 Å². The molecule has 2 aromatic carbocycles. The van der Waals surface area contributed by atoms with Gasteiger partial charge in [0.1, 0.15) is 5.75 Å². The van der Waals surface area contributed by atoms with E-state index in [2.05, 4.69) is 17.6 Å². The number of rotatable bonds is 8. The molecule has 0 aliphatic carbocycles. The molecule has 2 N–H and O–H groups in total. The number of carbonyl (C=O) groups is 1. The summed E-state index contributed by atoms with van der Waals surface area (Å²) in [5, 5.41) is 6.39. The highest BCUT2D eigenvalue weighted by Gasteiger charge is 2.08. The Kier molecular flexibility index (Phi) is 8.38. The molecule has 0 atom stereocenters. The molecule has 0 saturated heterocycles.